The third-order valence-electron chi connectivity index (χ3n) is 6.45. The van der Waals surface area contributed by atoms with Gasteiger partial charge in [-0.25, -0.2) is 25.9 Å². The van der Waals surface area contributed by atoms with Gasteiger partial charge in [0.15, 0.2) is 0 Å². The van der Waals surface area contributed by atoms with Gasteiger partial charge in [0.05, 0.1) is 16.9 Å². The van der Waals surface area contributed by atoms with Gasteiger partial charge in [-0.1, -0.05) is 0 Å². The van der Waals surface area contributed by atoms with Crippen LogP contribution in [0.5, 0.6) is 5.75 Å². The van der Waals surface area contributed by atoms with Gasteiger partial charge in [0, 0.05) is 45.5 Å². The van der Waals surface area contributed by atoms with Crippen LogP contribution in [0.3, 0.4) is 0 Å². The SMILES string of the molecule is COc1ccc(S(=O)(=O)N2CCC(NC(=O)N3CCc4cc(S(=O)(=O)N(C)C)ccc43)CC2)cc1. The highest BCUT2D eigenvalue weighted by atomic mass is 32.2. The number of amides is 2. The first kappa shape index (κ1) is 25.4. The molecule has 2 aliphatic heterocycles. The number of rotatable bonds is 6. The molecular weight excluding hydrogens is 492 g/mol. The summed E-state index contributed by atoms with van der Waals surface area (Å²) in [4.78, 5) is 15.0. The number of hydrogen-bond acceptors (Lipinski definition) is 6. The number of fused-ring (bicyclic) bond motifs is 1. The minimum atomic E-state index is -3.61. The number of piperidine rings is 1. The topological polar surface area (TPSA) is 116 Å². The quantitative estimate of drug-likeness (QED) is 0.619. The van der Waals surface area contributed by atoms with Crippen LogP contribution in [0.2, 0.25) is 0 Å². The summed E-state index contributed by atoms with van der Waals surface area (Å²) in [5.74, 6) is 0.587. The summed E-state index contributed by atoms with van der Waals surface area (Å²) in [7, 11) is -2.67. The molecule has 1 saturated heterocycles. The molecule has 2 aromatic carbocycles. The van der Waals surface area contributed by atoms with Crippen LogP contribution in [0.25, 0.3) is 0 Å². The number of nitrogens with zero attached hydrogens (tertiary/aromatic N) is 3. The predicted octanol–water partition coefficient (Wildman–Crippen LogP) is 1.87. The minimum Gasteiger partial charge on any atom is -0.497 e. The zero-order chi connectivity index (χ0) is 25.4. The summed E-state index contributed by atoms with van der Waals surface area (Å²) in [5.41, 5.74) is 1.50. The Labute approximate surface area is 206 Å². The number of ether oxygens (including phenoxy) is 1. The highest BCUT2D eigenvalue weighted by Gasteiger charge is 2.32. The van der Waals surface area contributed by atoms with Crippen molar-refractivity contribution in [3.05, 3.63) is 48.0 Å². The predicted molar refractivity (Wildman–Crippen MR) is 132 cm³/mol. The number of benzene rings is 2. The first-order valence-electron chi connectivity index (χ1n) is 11.3. The maximum atomic E-state index is 13.0. The molecule has 0 atom stereocenters. The van der Waals surface area contributed by atoms with Crippen LogP contribution in [0.1, 0.15) is 18.4 Å². The average molecular weight is 523 g/mol. The molecule has 190 valence electrons. The van der Waals surface area contributed by atoms with Crippen molar-refractivity contribution in [2.75, 3.05) is 45.7 Å². The molecule has 0 saturated carbocycles. The van der Waals surface area contributed by atoms with Gasteiger partial charge in [-0.15, -0.1) is 0 Å². The lowest BCUT2D eigenvalue weighted by molar-refractivity contribution is 0.233. The standard InChI is InChI=1S/C23H30N4O6S2/c1-25(2)34(29,30)21-8-9-22-17(16-21)10-15-27(22)23(28)24-18-11-13-26(14-12-18)35(31,32)20-6-4-19(33-3)5-7-20/h4-9,16,18H,10-15H2,1-3H3,(H,24,28). The van der Waals surface area contributed by atoms with Crippen molar-refractivity contribution in [3.8, 4) is 5.75 Å². The highest BCUT2D eigenvalue weighted by molar-refractivity contribution is 7.89. The molecule has 0 aromatic heterocycles. The maximum Gasteiger partial charge on any atom is 0.322 e. The van der Waals surface area contributed by atoms with Crippen molar-refractivity contribution >= 4 is 31.8 Å². The smallest absolute Gasteiger partial charge is 0.322 e. The van der Waals surface area contributed by atoms with Crippen molar-refractivity contribution in [2.24, 2.45) is 0 Å². The molecule has 10 nitrogen and oxygen atoms in total. The molecule has 0 bridgehead atoms. The number of carbonyl (C=O) groups excluding carboxylic acids is 1. The second-order valence-electron chi connectivity index (χ2n) is 8.78. The van der Waals surface area contributed by atoms with E-state index in [1.54, 1.807) is 29.2 Å². The van der Waals surface area contributed by atoms with Gasteiger partial charge in [0.1, 0.15) is 5.75 Å². The van der Waals surface area contributed by atoms with E-state index >= 15 is 0 Å². The fraction of sp³-hybridized carbons (Fsp3) is 0.435. The van der Waals surface area contributed by atoms with Crippen LogP contribution < -0.4 is 15.0 Å². The van der Waals surface area contributed by atoms with Crippen molar-refractivity contribution in [2.45, 2.75) is 35.1 Å². The van der Waals surface area contributed by atoms with Gasteiger partial charge in [-0.2, -0.15) is 4.31 Å². The number of nitrogens with one attached hydrogen (secondary N) is 1. The Morgan fingerprint density at radius 2 is 1.60 bits per heavy atom. The number of carbonyl (C=O) groups is 1. The number of anilines is 1. The van der Waals surface area contributed by atoms with E-state index in [2.05, 4.69) is 5.32 Å². The Morgan fingerprint density at radius 1 is 0.971 bits per heavy atom. The molecule has 2 heterocycles. The van der Waals surface area contributed by atoms with E-state index in [4.69, 9.17) is 4.74 Å². The fourth-order valence-electron chi connectivity index (χ4n) is 4.35. The summed E-state index contributed by atoms with van der Waals surface area (Å²) in [6, 6.07) is 10.7. The largest absolute Gasteiger partial charge is 0.497 e. The Kier molecular flexibility index (Phi) is 7.09. The molecule has 1 fully saturated rings. The van der Waals surface area contributed by atoms with Gasteiger partial charge in [0.25, 0.3) is 0 Å². The first-order valence-corrected chi connectivity index (χ1v) is 14.2. The van der Waals surface area contributed by atoms with Crippen LogP contribution in [-0.4, -0.2) is 78.4 Å². The summed E-state index contributed by atoms with van der Waals surface area (Å²) in [6.07, 6.45) is 1.57. The number of hydrogen-bond donors (Lipinski definition) is 1. The summed E-state index contributed by atoms with van der Waals surface area (Å²) in [5, 5.41) is 3.01. The highest BCUT2D eigenvalue weighted by Crippen LogP contribution is 2.31. The van der Waals surface area contributed by atoms with Gasteiger partial charge in [-0.3, -0.25) is 4.90 Å². The molecule has 0 radical (unpaired) electrons. The second kappa shape index (κ2) is 9.76. The molecule has 4 rings (SSSR count). The van der Waals surface area contributed by atoms with Crippen molar-refractivity contribution in [1.29, 1.82) is 0 Å². The van der Waals surface area contributed by atoms with E-state index in [-0.39, 0.29) is 21.9 Å². The zero-order valence-electron chi connectivity index (χ0n) is 20.0. The van der Waals surface area contributed by atoms with Gasteiger partial charge in [-0.05, 0) is 67.3 Å². The first-order chi connectivity index (χ1) is 16.5. The molecule has 2 amide bonds. The third-order valence-corrected chi connectivity index (χ3v) is 10.2. The van der Waals surface area contributed by atoms with Gasteiger partial charge in [0.2, 0.25) is 20.0 Å². The third kappa shape index (κ3) is 5.01. The maximum absolute atomic E-state index is 13.0. The number of sulfonamides is 2. The molecule has 35 heavy (non-hydrogen) atoms. The van der Waals surface area contributed by atoms with Crippen molar-refractivity contribution in [1.82, 2.24) is 13.9 Å². The molecule has 12 heteroatoms. The Bertz CT molecular complexity index is 1300. The van der Waals surface area contributed by atoms with Crippen molar-refractivity contribution < 1.29 is 26.4 Å². The molecule has 0 aliphatic carbocycles. The molecule has 2 aromatic rings. The van der Waals surface area contributed by atoms with E-state index in [1.165, 1.54) is 43.7 Å². The number of methoxy groups -OCH3 is 1. The zero-order valence-corrected chi connectivity index (χ0v) is 21.6. The summed E-state index contributed by atoms with van der Waals surface area (Å²) >= 11 is 0. The van der Waals surface area contributed by atoms with Crippen LogP contribution in [-0.2, 0) is 26.5 Å². The number of urea groups is 1. The molecule has 2 aliphatic rings. The van der Waals surface area contributed by atoms with E-state index < -0.39 is 20.0 Å². The monoisotopic (exact) mass is 522 g/mol. The molecule has 0 unspecified atom stereocenters. The molecule has 1 N–H and O–H groups in total. The van der Waals surface area contributed by atoms with Crippen LogP contribution in [0.15, 0.2) is 52.3 Å². The lowest BCUT2D eigenvalue weighted by atomic mass is 10.1. The molecule has 0 spiro atoms. The Balaban J connectivity index is 1.37. The van der Waals surface area contributed by atoms with Gasteiger partial charge >= 0.3 is 6.03 Å². The Hall–Kier alpha value is -2.67. The minimum absolute atomic E-state index is 0.151. The van der Waals surface area contributed by atoms with E-state index in [0.717, 1.165) is 9.87 Å². The summed E-state index contributed by atoms with van der Waals surface area (Å²) in [6.45, 7) is 1.07. The van der Waals surface area contributed by atoms with Gasteiger partial charge < -0.3 is 10.1 Å². The fourth-order valence-corrected chi connectivity index (χ4v) is 6.77. The lowest BCUT2D eigenvalue weighted by Crippen LogP contribution is -2.50. The van der Waals surface area contributed by atoms with Crippen LogP contribution >= 0.6 is 0 Å². The summed E-state index contributed by atoms with van der Waals surface area (Å²) < 4.78 is 58.4. The van der Waals surface area contributed by atoms with E-state index in [9.17, 15) is 21.6 Å². The van der Waals surface area contributed by atoms with Crippen LogP contribution in [0, 0.1) is 0 Å². The molecular formula is C23H30N4O6S2. The lowest BCUT2D eigenvalue weighted by Gasteiger charge is -2.32. The Morgan fingerprint density at radius 3 is 2.20 bits per heavy atom. The second-order valence-corrected chi connectivity index (χ2v) is 12.9. The van der Waals surface area contributed by atoms with Crippen LogP contribution in [0.4, 0.5) is 10.5 Å². The van der Waals surface area contributed by atoms with Crippen molar-refractivity contribution in [3.63, 3.8) is 0 Å². The normalized spacial score (nSPS) is 17.4. The average Bonchev–Trinajstić information content (AvgIpc) is 3.28. The van der Waals surface area contributed by atoms with E-state index in [1.807, 2.05) is 0 Å². The van der Waals surface area contributed by atoms with E-state index in [0.29, 0.717) is 50.3 Å².